The number of halogens is 1. The van der Waals surface area contributed by atoms with Gasteiger partial charge in [0.25, 0.3) is 0 Å². The van der Waals surface area contributed by atoms with Crippen LogP contribution in [0.15, 0.2) is 47.3 Å². The molecular formula is C12H9BrN4. The molecule has 0 radical (unpaired) electrons. The second kappa shape index (κ2) is 3.85. The van der Waals surface area contributed by atoms with Crippen LogP contribution in [0.1, 0.15) is 0 Å². The molecule has 2 N–H and O–H groups in total. The van der Waals surface area contributed by atoms with Gasteiger partial charge in [-0.15, -0.1) is 0 Å². The van der Waals surface area contributed by atoms with Crippen molar-refractivity contribution in [2.24, 2.45) is 0 Å². The number of aromatic nitrogens is 3. The van der Waals surface area contributed by atoms with E-state index in [0.717, 1.165) is 21.5 Å². The number of anilines is 1. The molecule has 0 atom stereocenters. The second-order valence-electron chi connectivity index (χ2n) is 3.69. The Kier molecular flexibility index (Phi) is 2.33. The molecule has 3 heterocycles. The molecule has 0 saturated carbocycles. The first-order valence-electron chi connectivity index (χ1n) is 5.09. The minimum atomic E-state index is 0.640. The monoisotopic (exact) mass is 288 g/mol. The van der Waals surface area contributed by atoms with Gasteiger partial charge in [-0.25, -0.2) is 4.98 Å². The van der Waals surface area contributed by atoms with E-state index in [0.29, 0.717) is 5.69 Å². The number of hydrogen-bond acceptors (Lipinski definition) is 3. The lowest BCUT2D eigenvalue weighted by Crippen LogP contribution is -1.91. The summed E-state index contributed by atoms with van der Waals surface area (Å²) in [5, 5.41) is 0. The van der Waals surface area contributed by atoms with Gasteiger partial charge < -0.3 is 10.1 Å². The fraction of sp³-hybridized carbons (Fsp3) is 0. The first kappa shape index (κ1) is 10.3. The van der Waals surface area contributed by atoms with Crippen molar-refractivity contribution >= 4 is 27.3 Å². The van der Waals surface area contributed by atoms with Gasteiger partial charge in [0.2, 0.25) is 0 Å². The average Bonchev–Trinajstić information content (AvgIpc) is 2.74. The SMILES string of the molecule is Nc1cc(Br)cn2cc(-c3ccccn3)nc12. The lowest BCUT2D eigenvalue weighted by atomic mass is 10.3. The minimum Gasteiger partial charge on any atom is -0.396 e. The van der Waals surface area contributed by atoms with Crippen molar-refractivity contribution < 1.29 is 0 Å². The third-order valence-corrected chi connectivity index (χ3v) is 2.91. The Labute approximate surface area is 106 Å². The number of rotatable bonds is 1. The third-order valence-electron chi connectivity index (χ3n) is 2.47. The van der Waals surface area contributed by atoms with Gasteiger partial charge in [-0.05, 0) is 34.1 Å². The van der Waals surface area contributed by atoms with Gasteiger partial charge in [0.15, 0.2) is 5.65 Å². The molecule has 3 aromatic rings. The maximum absolute atomic E-state index is 5.91. The highest BCUT2D eigenvalue weighted by Crippen LogP contribution is 2.23. The first-order valence-corrected chi connectivity index (χ1v) is 5.88. The smallest absolute Gasteiger partial charge is 0.160 e. The molecule has 84 valence electrons. The zero-order valence-corrected chi connectivity index (χ0v) is 10.4. The molecule has 0 saturated heterocycles. The summed E-state index contributed by atoms with van der Waals surface area (Å²) in [6.07, 6.45) is 5.59. The van der Waals surface area contributed by atoms with E-state index in [1.165, 1.54) is 0 Å². The van der Waals surface area contributed by atoms with Crippen molar-refractivity contribution in [3.8, 4) is 11.4 Å². The number of fused-ring (bicyclic) bond motifs is 1. The normalized spacial score (nSPS) is 10.9. The van der Waals surface area contributed by atoms with Crippen molar-refractivity contribution in [3.05, 3.63) is 47.3 Å². The predicted octanol–water partition coefficient (Wildman–Crippen LogP) is 2.74. The fourth-order valence-corrected chi connectivity index (χ4v) is 2.19. The molecule has 0 spiro atoms. The molecule has 17 heavy (non-hydrogen) atoms. The predicted molar refractivity (Wildman–Crippen MR) is 70.5 cm³/mol. The lowest BCUT2D eigenvalue weighted by Gasteiger charge is -1.97. The van der Waals surface area contributed by atoms with Crippen molar-refractivity contribution in [3.63, 3.8) is 0 Å². The van der Waals surface area contributed by atoms with Gasteiger partial charge in [-0.1, -0.05) is 6.07 Å². The van der Waals surface area contributed by atoms with Crippen molar-refractivity contribution in [2.75, 3.05) is 5.73 Å². The minimum absolute atomic E-state index is 0.640. The van der Waals surface area contributed by atoms with E-state index in [1.54, 1.807) is 6.20 Å². The quantitative estimate of drug-likeness (QED) is 0.749. The molecule has 0 amide bonds. The molecule has 0 aliphatic heterocycles. The van der Waals surface area contributed by atoms with Crippen LogP contribution in [0.4, 0.5) is 5.69 Å². The molecule has 0 aromatic carbocycles. The summed E-state index contributed by atoms with van der Waals surface area (Å²) >= 11 is 3.40. The Morgan fingerprint density at radius 3 is 2.82 bits per heavy atom. The van der Waals surface area contributed by atoms with Gasteiger partial charge in [0, 0.05) is 23.1 Å². The molecule has 0 aliphatic carbocycles. The fourth-order valence-electron chi connectivity index (χ4n) is 1.73. The maximum atomic E-state index is 5.91. The Balaban J connectivity index is 2.24. The molecule has 0 bridgehead atoms. The summed E-state index contributed by atoms with van der Waals surface area (Å²) in [5.41, 5.74) is 8.95. The highest BCUT2D eigenvalue weighted by atomic mass is 79.9. The number of hydrogen-bond donors (Lipinski definition) is 1. The van der Waals surface area contributed by atoms with Crippen LogP contribution in [0, 0.1) is 0 Å². The molecule has 0 aliphatic rings. The molecule has 0 unspecified atom stereocenters. The van der Waals surface area contributed by atoms with Crippen molar-refractivity contribution in [2.45, 2.75) is 0 Å². The number of pyridine rings is 2. The molecule has 4 nitrogen and oxygen atoms in total. The Morgan fingerprint density at radius 2 is 2.06 bits per heavy atom. The summed E-state index contributed by atoms with van der Waals surface area (Å²) in [5.74, 6) is 0. The first-order chi connectivity index (χ1) is 8.24. The van der Waals surface area contributed by atoms with Crippen molar-refractivity contribution in [1.82, 2.24) is 14.4 Å². The van der Waals surface area contributed by atoms with E-state index in [9.17, 15) is 0 Å². The molecule has 5 heteroatoms. The molecule has 3 aromatic heterocycles. The number of nitrogens with two attached hydrogens (primary N) is 1. The highest BCUT2D eigenvalue weighted by molar-refractivity contribution is 9.10. The summed E-state index contributed by atoms with van der Waals surface area (Å²) in [4.78, 5) is 8.75. The van der Waals surface area contributed by atoms with Crippen LogP contribution in [0.5, 0.6) is 0 Å². The molecule has 0 fully saturated rings. The van der Waals surface area contributed by atoms with E-state index in [2.05, 4.69) is 25.9 Å². The highest BCUT2D eigenvalue weighted by Gasteiger charge is 2.07. The maximum Gasteiger partial charge on any atom is 0.160 e. The summed E-state index contributed by atoms with van der Waals surface area (Å²) in [7, 11) is 0. The number of imidazole rings is 1. The van der Waals surface area contributed by atoms with Crippen molar-refractivity contribution in [1.29, 1.82) is 0 Å². The number of nitrogen functional groups attached to an aromatic ring is 1. The van der Waals surface area contributed by atoms with Gasteiger partial charge in [-0.3, -0.25) is 4.98 Å². The van der Waals surface area contributed by atoms with E-state index >= 15 is 0 Å². The summed E-state index contributed by atoms with van der Waals surface area (Å²) < 4.78 is 2.82. The van der Waals surface area contributed by atoms with Crippen LogP contribution in [-0.2, 0) is 0 Å². The van der Waals surface area contributed by atoms with Crippen LogP contribution in [-0.4, -0.2) is 14.4 Å². The van der Waals surface area contributed by atoms with E-state index < -0.39 is 0 Å². The van der Waals surface area contributed by atoms with Gasteiger partial charge in [0.05, 0.1) is 11.4 Å². The Morgan fingerprint density at radius 1 is 1.18 bits per heavy atom. The van der Waals surface area contributed by atoms with Crippen LogP contribution in [0.3, 0.4) is 0 Å². The number of nitrogens with zero attached hydrogens (tertiary/aromatic N) is 3. The topological polar surface area (TPSA) is 56.2 Å². The van der Waals surface area contributed by atoms with Crippen LogP contribution < -0.4 is 5.73 Å². The van der Waals surface area contributed by atoms with E-state index in [1.807, 2.05) is 41.1 Å². The van der Waals surface area contributed by atoms with Crippen LogP contribution in [0.25, 0.3) is 17.0 Å². The third kappa shape index (κ3) is 1.78. The molecule has 3 rings (SSSR count). The zero-order valence-electron chi connectivity index (χ0n) is 8.84. The van der Waals surface area contributed by atoms with Gasteiger partial charge in [0.1, 0.15) is 5.69 Å². The zero-order chi connectivity index (χ0) is 11.8. The van der Waals surface area contributed by atoms with E-state index in [-0.39, 0.29) is 0 Å². The van der Waals surface area contributed by atoms with Crippen LogP contribution in [0.2, 0.25) is 0 Å². The second-order valence-corrected chi connectivity index (χ2v) is 4.60. The van der Waals surface area contributed by atoms with E-state index in [4.69, 9.17) is 5.73 Å². The Hall–Kier alpha value is -1.88. The largest absolute Gasteiger partial charge is 0.396 e. The molecular weight excluding hydrogens is 280 g/mol. The average molecular weight is 289 g/mol. The lowest BCUT2D eigenvalue weighted by molar-refractivity contribution is 1.18. The van der Waals surface area contributed by atoms with Gasteiger partial charge in [-0.2, -0.15) is 0 Å². The van der Waals surface area contributed by atoms with Gasteiger partial charge >= 0.3 is 0 Å². The van der Waals surface area contributed by atoms with Crippen LogP contribution >= 0.6 is 15.9 Å². The standard InChI is InChI=1S/C12H9BrN4/c13-8-5-9(14)12-16-11(7-17(12)6-8)10-3-1-2-4-15-10/h1-7H,14H2. The summed E-state index contributed by atoms with van der Waals surface area (Å²) in [6, 6.07) is 7.58. The Bertz CT molecular complexity index is 676. The summed E-state index contributed by atoms with van der Waals surface area (Å²) in [6.45, 7) is 0.